The van der Waals surface area contributed by atoms with E-state index in [2.05, 4.69) is 15.0 Å². The van der Waals surface area contributed by atoms with E-state index < -0.39 is 10.0 Å². The summed E-state index contributed by atoms with van der Waals surface area (Å²) in [4.78, 5) is 4.00. The Balaban J connectivity index is 3.63. The van der Waals surface area contributed by atoms with Gasteiger partial charge >= 0.3 is 0 Å². The first-order chi connectivity index (χ1) is 7.02. The zero-order valence-electron chi connectivity index (χ0n) is 9.28. The third kappa shape index (κ3) is 8.19. The molecule has 0 aromatic heterocycles. The Hall–Kier alpha value is -0.820. The molecule has 0 saturated heterocycles. The summed E-state index contributed by atoms with van der Waals surface area (Å²) in [6.07, 6.45) is 0.935. The molecule has 0 unspecified atom stereocenters. The number of hydrogen-bond acceptors (Lipinski definition) is 3. The summed E-state index contributed by atoms with van der Waals surface area (Å²) in [6.45, 7) is 5.04. The maximum atomic E-state index is 11.0. The molecule has 0 radical (unpaired) electrons. The Labute approximate surface area is 91.4 Å². The van der Waals surface area contributed by atoms with Gasteiger partial charge < -0.3 is 11.1 Å². The number of hydrogen-bond donors (Lipinski definition) is 3. The number of nitrogens with one attached hydrogen (secondary N) is 2. The monoisotopic (exact) mass is 236 g/mol. The highest BCUT2D eigenvalue weighted by Gasteiger charge is 2.03. The molecule has 7 heteroatoms. The Morgan fingerprint density at radius 1 is 1.33 bits per heavy atom. The van der Waals surface area contributed by atoms with E-state index in [1.165, 1.54) is 0 Å². The van der Waals surface area contributed by atoms with E-state index in [4.69, 9.17) is 5.73 Å². The number of aliphatic imine (C=N–C) groups is 1. The highest BCUT2D eigenvalue weighted by atomic mass is 32.2. The van der Waals surface area contributed by atoms with Gasteiger partial charge in [0.05, 0.1) is 5.75 Å². The molecule has 90 valence electrons. The summed E-state index contributed by atoms with van der Waals surface area (Å²) >= 11 is 0. The highest BCUT2D eigenvalue weighted by Crippen LogP contribution is 1.80. The molecule has 0 aliphatic rings. The van der Waals surface area contributed by atoms with Crippen molar-refractivity contribution in [2.75, 3.05) is 25.4 Å². The van der Waals surface area contributed by atoms with Crippen LogP contribution in [-0.4, -0.2) is 39.8 Å². The zero-order chi connectivity index (χ0) is 11.7. The predicted octanol–water partition coefficient (Wildman–Crippen LogP) is -0.760. The fourth-order valence-corrected chi connectivity index (χ4v) is 1.40. The number of sulfonamides is 1. The summed E-state index contributed by atoms with van der Waals surface area (Å²) in [5, 5.41) is 2.81. The molecule has 0 amide bonds. The molecule has 6 nitrogen and oxygen atoms in total. The Bertz CT molecular complexity index is 287. The minimum Gasteiger partial charge on any atom is -0.370 e. The van der Waals surface area contributed by atoms with Gasteiger partial charge in [-0.1, -0.05) is 6.92 Å². The highest BCUT2D eigenvalue weighted by molar-refractivity contribution is 7.89. The smallest absolute Gasteiger partial charge is 0.211 e. The molecular formula is C8H20N4O2S. The maximum absolute atomic E-state index is 11.0. The number of rotatable bonds is 7. The third-order valence-electron chi connectivity index (χ3n) is 1.64. The minimum atomic E-state index is -3.11. The van der Waals surface area contributed by atoms with Crippen molar-refractivity contribution in [2.24, 2.45) is 10.7 Å². The van der Waals surface area contributed by atoms with E-state index in [1.807, 2.05) is 6.92 Å². The standard InChI is InChI=1S/C8H20N4O2S/c1-3-5-10-8(9)11-6-7-12-15(13,14)4-2/h12H,3-7H2,1-2H3,(H3,9,10,11). The molecule has 0 spiro atoms. The van der Waals surface area contributed by atoms with Crippen molar-refractivity contribution >= 4 is 16.0 Å². The van der Waals surface area contributed by atoms with Gasteiger partial charge in [0.25, 0.3) is 0 Å². The third-order valence-corrected chi connectivity index (χ3v) is 3.04. The van der Waals surface area contributed by atoms with Crippen molar-refractivity contribution in [1.29, 1.82) is 0 Å². The van der Waals surface area contributed by atoms with Gasteiger partial charge in [0.15, 0.2) is 5.96 Å². The quantitative estimate of drug-likeness (QED) is 0.307. The lowest BCUT2D eigenvalue weighted by Crippen LogP contribution is -2.38. The van der Waals surface area contributed by atoms with E-state index in [-0.39, 0.29) is 5.75 Å². The van der Waals surface area contributed by atoms with Gasteiger partial charge in [0.1, 0.15) is 0 Å². The van der Waals surface area contributed by atoms with Gasteiger partial charge in [0.2, 0.25) is 10.0 Å². The molecular weight excluding hydrogens is 216 g/mol. The number of guanidine groups is 1. The first kappa shape index (κ1) is 14.2. The Kier molecular flexibility index (Phi) is 7.06. The largest absolute Gasteiger partial charge is 0.370 e. The molecule has 0 heterocycles. The normalized spacial score (nSPS) is 12.8. The van der Waals surface area contributed by atoms with Crippen LogP contribution in [0.25, 0.3) is 0 Å². The SMILES string of the molecule is CCCN=C(N)NCCNS(=O)(=O)CC. The molecule has 0 atom stereocenters. The average Bonchev–Trinajstić information content (AvgIpc) is 2.21. The fourth-order valence-electron chi connectivity index (χ4n) is 0.787. The van der Waals surface area contributed by atoms with E-state index in [1.54, 1.807) is 6.92 Å². The lowest BCUT2D eigenvalue weighted by atomic mass is 10.5. The van der Waals surface area contributed by atoms with E-state index in [0.717, 1.165) is 6.42 Å². The van der Waals surface area contributed by atoms with Gasteiger partial charge in [-0.25, -0.2) is 13.1 Å². The van der Waals surface area contributed by atoms with Crippen LogP contribution in [0.2, 0.25) is 0 Å². The van der Waals surface area contributed by atoms with Crippen molar-refractivity contribution in [3.05, 3.63) is 0 Å². The molecule has 0 bridgehead atoms. The maximum Gasteiger partial charge on any atom is 0.211 e. The first-order valence-electron chi connectivity index (χ1n) is 5.03. The van der Waals surface area contributed by atoms with Crippen LogP contribution in [0.3, 0.4) is 0 Å². The van der Waals surface area contributed by atoms with Gasteiger partial charge in [-0.3, -0.25) is 4.99 Å². The number of nitrogens with zero attached hydrogens (tertiary/aromatic N) is 1. The number of nitrogens with two attached hydrogens (primary N) is 1. The second-order valence-corrected chi connectivity index (χ2v) is 5.09. The lowest BCUT2D eigenvalue weighted by molar-refractivity contribution is 0.582. The Morgan fingerprint density at radius 3 is 2.53 bits per heavy atom. The molecule has 0 aliphatic carbocycles. The molecule has 0 aromatic carbocycles. The van der Waals surface area contributed by atoms with Crippen molar-refractivity contribution in [3.63, 3.8) is 0 Å². The lowest BCUT2D eigenvalue weighted by Gasteiger charge is -2.06. The van der Waals surface area contributed by atoms with Crippen LogP contribution in [0.4, 0.5) is 0 Å². The van der Waals surface area contributed by atoms with Crippen LogP contribution in [0.1, 0.15) is 20.3 Å². The van der Waals surface area contributed by atoms with Crippen molar-refractivity contribution in [3.8, 4) is 0 Å². The second-order valence-electron chi connectivity index (χ2n) is 2.99. The fraction of sp³-hybridized carbons (Fsp3) is 0.875. The molecule has 0 aliphatic heterocycles. The zero-order valence-corrected chi connectivity index (χ0v) is 10.1. The van der Waals surface area contributed by atoms with Crippen LogP contribution in [-0.2, 0) is 10.0 Å². The molecule has 0 aromatic rings. The molecule has 0 saturated carbocycles. The topological polar surface area (TPSA) is 96.6 Å². The van der Waals surface area contributed by atoms with Crippen molar-refractivity contribution < 1.29 is 8.42 Å². The van der Waals surface area contributed by atoms with Crippen LogP contribution >= 0.6 is 0 Å². The predicted molar refractivity (Wildman–Crippen MR) is 62.2 cm³/mol. The van der Waals surface area contributed by atoms with Crippen LogP contribution < -0.4 is 15.8 Å². The summed E-state index contributed by atoms with van der Waals surface area (Å²) in [5.74, 6) is 0.444. The van der Waals surface area contributed by atoms with E-state index in [9.17, 15) is 8.42 Å². The van der Waals surface area contributed by atoms with Gasteiger partial charge in [-0.05, 0) is 13.3 Å². The molecule has 15 heavy (non-hydrogen) atoms. The summed E-state index contributed by atoms with van der Waals surface area (Å²) in [5.41, 5.74) is 5.50. The van der Waals surface area contributed by atoms with Gasteiger partial charge in [-0.2, -0.15) is 0 Å². The van der Waals surface area contributed by atoms with Crippen molar-refractivity contribution in [2.45, 2.75) is 20.3 Å². The van der Waals surface area contributed by atoms with Crippen LogP contribution in [0.5, 0.6) is 0 Å². The van der Waals surface area contributed by atoms with Crippen molar-refractivity contribution in [1.82, 2.24) is 10.0 Å². The first-order valence-corrected chi connectivity index (χ1v) is 6.68. The van der Waals surface area contributed by atoms with Gasteiger partial charge in [0, 0.05) is 19.6 Å². The molecule has 4 N–H and O–H groups in total. The minimum absolute atomic E-state index is 0.0897. The average molecular weight is 236 g/mol. The van der Waals surface area contributed by atoms with Crippen LogP contribution in [0, 0.1) is 0 Å². The molecule has 0 fully saturated rings. The second kappa shape index (κ2) is 7.47. The van der Waals surface area contributed by atoms with Gasteiger partial charge in [-0.15, -0.1) is 0 Å². The summed E-state index contributed by atoms with van der Waals surface area (Å²) < 4.78 is 24.5. The van der Waals surface area contributed by atoms with E-state index >= 15 is 0 Å². The van der Waals surface area contributed by atoms with Crippen LogP contribution in [0.15, 0.2) is 4.99 Å². The summed E-state index contributed by atoms with van der Waals surface area (Å²) in [6, 6.07) is 0. The summed E-state index contributed by atoms with van der Waals surface area (Å²) in [7, 11) is -3.11. The van der Waals surface area contributed by atoms with E-state index in [0.29, 0.717) is 25.6 Å². The molecule has 0 rings (SSSR count). The Morgan fingerprint density at radius 2 is 2.00 bits per heavy atom.